The van der Waals surface area contributed by atoms with E-state index in [-0.39, 0.29) is 17.4 Å². The highest BCUT2D eigenvalue weighted by atomic mass is 16.1. The number of amides is 1. The van der Waals surface area contributed by atoms with Crippen LogP contribution in [-0.4, -0.2) is 52.6 Å². The van der Waals surface area contributed by atoms with Gasteiger partial charge in [-0.3, -0.25) is 9.78 Å². The normalized spacial score (nSPS) is 15.4. The van der Waals surface area contributed by atoms with Gasteiger partial charge in [-0.25, -0.2) is 14.7 Å². The van der Waals surface area contributed by atoms with Crippen molar-refractivity contribution in [2.45, 2.75) is 45.1 Å². The van der Waals surface area contributed by atoms with Gasteiger partial charge in [-0.2, -0.15) is 5.10 Å². The third kappa shape index (κ3) is 5.25. The van der Waals surface area contributed by atoms with Gasteiger partial charge in [0.2, 0.25) is 5.95 Å². The molecule has 2 heterocycles. The first-order valence-electron chi connectivity index (χ1n) is 13.4. The summed E-state index contributed by atoms with van der Waals surface area (Å²) in [4.78, 5) is 26.0. The second-order valence-corrected chi connectivity index (χ2v) is 10.6. The van der Waals surface area contributed by atoms with Crippen LogP contribution in [-0.2, 0) is 5.41 Å². The summed E-state index contributed by atoms with van der Waals surface area (Å²) in [6, 6.07) is 18.1. The standard InChI is InChI=1S/C31H35N7O/c1-20(2)27(18-32-4)36-29(39)23-10-8-22(9-11-23)21(3)37-38-28(19-35-30(38)33-5)31(14-15-31)25-12-13-26-24(17-25)7-6-16-34-26/h6-13,16-17,19-20,27,32H,5,14-15,18H2,1-4H3,(H,36,39)/b37-21+/t27-/m1/s1. The van der Waals surface area contributed by atoms with Crippen LogP contribution in [0.25, 0.3) is 10.9 Å². The molecule has 2 aromatic heterocycles. The van der Waals surface area contributed by atoms with Gasteiger partial charge in [0.1, 0.15) is 0 Å². The maximum Gasteiger partial charge on any atom is 0.251 e. The second-order valence-electron chi connectivity index (χ2n) is 10.6. The number of rotatable bonds is 10. The van der Waals surface area contributed by atoms with Crippen molar-refractivity contribution in [3.8, 4) is 0 Å². The fraction of sp³-hybridized carbons (Fsp3) is 0.323. The van der Waals surface area contributed by atoms with E-state index >= 15 is 0 Å². The smallest absolute Gasteiger partial charge is 0.251 e. The second kappa shape index (κ2) is 10.9. The fourth-order valence-corrected chi connectivity index (χ4v) is 5.06. The van der Waals surface area contributed by atoms with Crippen LogP contribution in [0.15, 0.2) is 77.1 Å². The van der Waals surface area contributed by atoms with Crippen molar-refractivity contribution in [1.82, 2.24) is 25.3 Å². The molecule has 4 aromatic rings. The van der Waals surface area contributed by atoms with Crippen LogP contribution in [0.3, 0.4) is 0 Å². The van der Waals surface area contributed by atoms with E-state index in [9.17, 15) is 4.79 Å². The Morgan fingerprint density at radius 1 is 1.10 bits per heavy atom. The highest BCUT2D eigenvalue weighted by molar-refractivity contribution is 6.00. The Morgan fingerprint density at radius 3 is 2.51 bits per heavy atom. The predicted molar refractivity (Wildman–Crippen MR) is 157 cm³/mol. The molecule has 5 rings (SSSR count). The van der Waals surface area contributed by atoms with Crippen LogP contribution in [0.1, 0.15) is 60.8 Å². The molecule has 0 spiro atoms. The average Bonchev–Trinajstić information content (AvgIpc) is 3.66. The van der Waals surface area contributed by atoms with E-state index in [1.165, 1.54) is 5.56 Å². The van der Waals surface area contributed by atoms with Crippen LogP contribution in [0, 0.1) is 5.92 Å². The lowest BCUT2D eigenvalue weighted by atomic mass is 9.91. The number of aliphatic imine (C=N–C) groups is 1. The van der Waals surface area contributed by atoms with Crippen LogP contribution >= 0.6 is 0 Å². The van der Waals surface area contributed by atoms with Crippen LogP contribution in [0.5, 0.6) is 0 Å². The number of nitrogens with one attached hydrogen (secondary N) is 2. The Balaban J connectivity index is 1.42. The lowest BCUT2D eigenvalue weighted by molar-refractivity contribution is 0.0926. The highest BCUT2D eigenvalue weighted by Gasteiger charge is 2.49. The maximum absolute atomic E-state index is 12.8. The lowest BCUT2D eigenvalue weighted by Gasteiger charge is -2.22. The minimum absolute atomic E-state index is 0.0589. The molecule has 0 bridgehead atoms. The molecular formula is C31H35N7O. The summed E-state index contributed by atoms with van der Waals surface area (Å²) < 4.78 is 1.81. The molecule has 8 nitrogen and oxygen atoms in total. The average molecular weight is 522 g/mol. The molecule has 1 fully saturated rings. The summed E-state index contributed by atoms with van der Waals surface area (Å²) in [6.07, 6.45) is 5.69. The summed E-state index contributed by atoms with van der Waals surface area (Å²) in [5.74, 6) is 0.702. The monoisotopic (exact) mass is 521 g/mol. The number of imidazole rings is 1. The van der Waals surface area contributed by atoms with Gasteiger partial charge in [0.25, 0.3) is 5.91 Å². The summed E-state index contributed by atoms with van der Waals surface area (Å²) in [6.45, 7) is 10.6. The molecule has 200 valence electrons. The van der Waals surface area contributed by atoms with Crippen molar-refractivity contribution >= 4 is 35.2 Å². The highest BCUT2D eigenvalue weighted by Crippen LogP contribution is 2.54. The molecule has 0 saturated heterocycles. The number of carbonyl (C=O) groups is 1. The van der Waals surface area contributed by atoms with Gasteiger partial charge < -0.3 is 10.6 Å². The Labute approximate surface area is 229 Å². The first-order valence-corrected chi connectivity index (χ1v) is 13.4. The quantitative estimate of drug-likeness (QED) is 0.284. The summed E-state index contributed by atoms with van der Waals surface area (Å²) in [7, 11) is 1.89. The molecule has 1 saturated carbocycles. The number of fused-ring (bicyclic) bond motifs is 1. The van der Waals surface area contributed by atoms with Gasteiger partial charge in [-0.1, -0.05) is 38.1 Å². The van der Waals surface area contributed by atoms with Crippen molar-refractivity contribution in [1.29, 1.82) is 0 Å². The molecule has 8 heteroatoms. The Hall–Kier alpha value is -4.17. The van der Waals surface area contributed by atoms with Gasteiger partial charge in [0, 0.05) is 35.1 Å². The summed E-state index contributed by atoms with van der Waals surface area (Å²) >= 11 is 0. The van der Waals surface area contributed by atoms with E-state index in [2.05, 4.69) is 70.4 Å². The van der Waals surface area contributed by atoms with E-state index < -0.39 is 0 Å². The molecule has 39 heavy (non-hydrogen) atoms. The molecule has 0 unspecified atom stereocenters. The zero-order chi connectivity index (χ0) is 27.6. The lowest BCUT2D eigenvalue weighted by Crippen LogP contribution is -2.44. The van der Waals surface area contributed by atoms with Crippen molar-refractivity contribution < 1.29 is 4.79 Å². The van der Waals surface area contributed by atoms with Gasteiger partial charge >= 0.3 is 0 Å². The van der Waals surface area contributed by atoms with E-state index in [4.69, 9.17) is 5.10 Å². The number of carbonyl (C=O) groups excluding carboxylic acids is 1. The Kier molecular flexibility index (Phi) is 7.39. The van der Waals surface area contributed by atoms with Crippen LogP contribution in [0.2, 0.25) is 0 Å². The number of hydrogen-bond acceptors (Lipinski definition) is 6. The van der Waals surface area contributed by atoms with E-state index in [1.54, 1.807) is 0 Å². The van der Waals surface area contributed by atoms with Crippen molar-refractivity contribution in [2.24, 2.45) is 16.0 Å². The SMILES string of the molecule is C=Nc1ncc(C2(c3ccc4ncccc4c3)CC2)n1/N=C(\C)c1ccc(C(=O)N[C@H](CNC)C(C)C)cc1. The van der Waals surface area contributed by atoms with Gasteiger partial charge in [-0.15, -0.1) is 0 Å². The van der Waals surface area contributed by atoms with Crippen molar-refractivity contribution in [3.05, 3.63) is 89.4 Å². The summed E-state index contributed by atoms with van der Waals surface area (Å²) in [5, 5.41) is 12.3. The predicted octanol–water partition coefficient (Wildman–Crippen LogP) is 5.09. The number of nitrogens with zero attached hydrogens (tertiary/aromatic N) is 5. The molecule has 0 aliphatic heterocycles. The molecule has 1 atom stereocenters. The van der Waals surface area contributed by atoms with Gasteiger partial charge in [-0.05, 0) is 80.9 Å². The van der Waals surface area contributed by atoms with Gasteiger partial charge in [0.05, 0.1) is 23.1 Å². The first-order chi connectivity index (χ1) is 18.9. The molecule has 2 N–H and O–H groups in total. The number of pyridine rings is 1. The molecule has 0 radical (unpaired) electrons. The third-order valence-corrected chi connectivity index (χ3v) is 7.62. The molecular weight excluding hydrogens is 486 g/mol. The molecule has 2 aromatic carbocycles. The van der Waals surface area contributed by atoms with E-state index in [1.807, 2.05) is 61.4 Å². The van der Waals surface area contributed by atoms with Crippen LogP contribution in [0.4, 0.5) is 5.95 Å². The van der Waals surface area contributed by atoms with Gasteiger partial charge in [0.15, 0.2) is 0 Å². The largest absolute Gasteiger partial charge is 0.348 e. The van der Waals surface area contributed by atoms with Crippen molar-refractivity contribution in [2.75, 3.05) is 13.6 Å². The molecule has 1 aliphatic carbocycles. The fourth-order valence-electron chi connectivity index (χ4n) is 5.06. The third-order valence-electron chi connectivity index (χ3n) is 7.62. The van der Waals surface area contributed by atoms with Crippen molar-refractivity contribution in [3.63, 3.8) is 0 Å². The molecule has 1 amide bonds. The number of aromatic nitrogens is 3. The number of hydrogen-bond donors (Lipinski definition) is 2. The maximum atomic E-state index is 12.8. The van der Waals surface area contributed by atoms with E-state index in [0.29, 0.717) is 17.4 Å². The van der Waals surface area contributed by atoms with E-state index in [0.717, 1.165) is 47.3 Å². The molecule has 1 aliphatic rings. The minimum atomic E-state index is -0.175. The number of likely N-dealkylation sites (N-methyl/N-ethyl adjacent to an activating group) is 1. The van der Waals surface area contributed by atoms with Crippen LogP contribution < -0.4 is 10.6 Å². The minimum Gasteiger partial charge on any atom is -0.348 e. The Bertz CT molecular complexity index is 1530. The number of benzene rings is 2. The zero-order valence-electron chi connectivity index (χ0n) is 23.0. The Morgan fingerprint density at radius 2 is 1.85 bits per heavy atom. The first kappa shape index (κ1) is 26.4. The zero-order valence-corrected chi connectivity index (χ0v) is 23.0. The topological polar surface area (TPSA) is 96.6 Å². The summed E-state index contributed by atoms with van der Waals surface area (Å²) in [5.41, 5.74) is 5.35.